The summed E-state index contributed by atoms with van der Waals surface area (Å²) in [4.78, 5) is 34.9. The third-order valence-electron chi connectivity index (χ3n) is 7.60. The van der Waals surface area contributed by atoms with E-state index in [0.29, 0.717) is 23.2 Å². The number of pyridine rings is 2. The van der Waals surface area contributed by atoms with Gasteiger partial charge in [-0.1, -0.05) is 6.07 Å². The van der Waals surface area contributed by atoms with E-state index in [9.17, 15) is 9.59 Å². The van der Waals surface area contributed by atoms with Gasteiger partial charge in [0.05, 0.1) is 11.4 Å². The Morgan fingerprint density at radius 1 is 0.935 bits per heavy atom. The summed E-state index contributed by atoms with van der Waals surface area (Å²) in [7, 11) is 0. The number of fused-ring (bicyclic) bond motifs is 1. The molecule has 0 saturated heterocycles. The quantitative estimate of drug-likeness (QED) is 0.711. The molecular weight excluding hydrogens is 390 g/mol. The first-order chi connectivity index (χ1) is 15.0. The molecule has 2 aromatic heterocycles. The van der Waals surface area contributed by atoms with Crippen molar-refractivity contribution >= 4 is 17.5 Å². The molecule has 5 aliphatic rings. The second-order valence-corrected chi connectivity index (χ2v) is 10.0. The second-order valence-electron chi connectivity index (χ2n) is 10.0. The zero-order chi connectivity index (χ0) is 21.1. The number of aromatic nitrogens is 2. The fourth-order valence-electron chi connectivity index (χ4n) is 6.96. The van der Waals surface area contributed by atoms with Gasteiger partial charge in [0.1, 0.15) is 11.4 Å². The molecule has 4 saturated carbocycles. The van der Waals surface area contributed by atoms with Gasteiger partial charge in [-0.3, -0.25) is 14.6 Å². The highest BCUT2D eigenvalue weighted by atomic mass is 16.2. The molecule has 7 heteroatoms. The number of carbonyl (C=O) groups is 2. The van der Waals surface area contributed by atoms with Crippen LogP contribution < -0.4 is 16.0 Å². The molecule has 160 valence electrons. The normalized spacial score (nSPS) is 32.3. The maximum Gasteiger partial charge on any atom is 0.270 e. The van der Waals surface area contributed by atoms with Gasteiger partial charge in [-0.05, 0) is 74.6 Å². The van der Waals surface area contributed by atoms with E-state index in [1.54, 1.807) is 12.3 Å². The minimum Gasteiger partial charge on any atom is -0.383 e. The maximum absolute atomic E-state index is 13.2. The number of nitrogens with one attached hydrogen (secondary N) is 3. The lowest BCUT2D eigenvalue weighted by molar-refractivity contribution is -0.0449. The Balaban J connectivity index is 1.24. The van der Waals surface area contributed by atoms with E-state index in [1.807, 2.05) is 24.3 Å². The van der Waals surface area contributed by atoms with Crippen molar-refractivity contribution in [1.82, 2.24) is 20.6 Å². The first kappa shape index (κ1) is 18.8. The van der Waals surface area contributed by atoms with Crippen LogP contribution in [0.1, 0.15) is 65.2 Å². The number of amides is 2. The number of hydrogen-bond donors (Lipinski definition) is 3. The molecule has 4 aliphatic carbocycles. The van der Waals surface area contributed by atoms with Crippen molar-refractivity contribution in [3.63, 3.8) is 0 Å². The van der Waals surface area contributed by atoms with Crippen LogP contribution in [0.4, 0.5) is 5.69 Å². The Kier molecular flexibility index (Phi) is 4.10. The Hall–Kier alpha value is -2.96. The molecule has 7 nitrogen and oxygen atoms in total. The molecule has 0 spiro atoms. The average molecular weight is 418 g/mol. The Labute approximate surface area is 181 Å². The van der Waals surface area contributed by atoms with Gasteiger partial charge in [-0.15, -0.1) is 0 Å². The van der Waals surface area contributed by atoms with Crippen LogP contribution in [0, 0.1) is 11.8 Å². The van der Waals surface area contributed by atoms with Crippen LogP contribution in [0.2, 0.25) is 0 Å². The summed E-state index contributed by atoms with van der Waals surface area (Å²) >= 11 is 0. The Morgan fingerprint density at radius 3 is 2.32 bits per heavy atom. The summed E-state index contributed by atoms with van der Waals surface area (Å²) in [5.41, 5.74) is 2.41. The fourth-order valence-corrected chi connectivity index (χ4v) is 6.96. The van der Waals surface area contributed by atoms with Crippen LogP contribution in [-0.2, 0) is 6.42 Å². The molecule has 2 amide bonds. The standard InChI is InChI=1S/C24H27N5O2/c30-21(19-3-1-2-7-25-19)28-23-10-15-9-16(11-23)13-24(12-15,14-23)29-22(31)20-5-4-17-18(27-20)6-8-26-17/h1-5,7,15-16,26H,6,8-14H2,(H,28,30)(H,29,31). The summed E-state index contributed by atoms with van der Waals surface area (Å²) in [6.07, 6.45) is 8.44. The zero-order valence-electron chi connectivity index (χ0n) is 17.5. The van der Waals surface area contributed by atoms with Gasteiger partial charge in [0.25, 0.3) is 11.8 Å². The number of hydrogen-bond acceptors (Lipinski definition) is 5. The highest BCUT2D eigenvalue weighted by molar-refractivity contribution is 5.94. The lowest BCUT2D eigenvalue weighted by atomic mass is 9.49. The van der Waals surface area contributed by atoms with Crippen molar-refractivity contribution in [3.05, 3.63) is 53.6 Å². The number of nitrogens with zero attached hydrogens (tertiary/aromatic N) is 2. The Bertz CT molecular complexity index is 1040. The molecule has 0 aromatic carbocycles. The topological polar surface area (TPSA) is 96.0 Å². The van der Waals surface area contributed by atoms with E-state index in [4.69, 9.17) is 0 Å². The highest BCUT2D eigenvalue weighted by Crippen LogP contribution is 2.57. The van der Waals surface area contributed by atoms with Crippen LogP contribution in [0.3, 0.4) is 0 Å². The predicted molar refractivity (Wildman–Crippen MR) is 116 cm³/mol. The third kappa shape index (κ3) is 3.27. The van der Waals surface area contributed by atoms with Crippen molar-refractivity contribution in [1.29, 1.82) is 0 Å². The third-order valence-corrected chi connectivity index (χ3v) is 7.60. The molecule has 1 aliphatic heterocycles. The van der Waals surface area contributed by atoms with E-state index < -0.39 is 0 Å². The fraction of sp³-hybridized carbons (Fsp3) is 0.500. The second kappa shape index (κ2) is 6.77. The zero-order valence-corrected chi connectivity index (χ0v) is 17.5. The molecule has 4 bridgehead atoms. The molecule has 4 fully saturated rings. The van der Waals surface area contributed by atoms with Crippen LogP contribution in [0.25, 0.3) is 0 Å². The van der Waals surface area contributed by atoms with Gasteiger partial charge in [-0.25, -0.2) is 4.98 Å². The van der Waals surface area contributed by atoms with Crippen LogP contribution in [0.15, 0.2) is 36.5 Å². The van der Waals surface area contributed by atoms with Crippen LogP contribution in [0.5, 0.6) is 0 Å². The van der Waals surface area contributed by atoms with E-state index >= 15 is 0 Å². The average Bonchev–Trinajstić information content (AvgIpc) is 3.20. The molecule has 7 rings (SSSR count). The van der Waals surface area contributed by atoms with Gasteiger partial charge in [0.2, 0.25) is 0 Å². The van der Waals surface area contributed by atoms with Crippen molar-refractivity contribution in [2.45, 2.75) is 56.0 Å². The summed E-state index contributed by atoms with van der Waals surface area (Å²) in [5, 5.41) is 10.0. The molecule has 2 unspecified atom stereocenters. The molecule has 3 N–H and O–H groups in total. The first-order valence-electron chi connectivity index (χ1n) is 11.3. The Morgan fingerprint density at radius 2 is 1.65 bits per heavy atom. The lowest BCUT2D eigenvalue weighted by Crippen LogP contribution is -2.69. The van der Waals surface area contributed by atoms with Gasteiger partial charge >= 0.3 is 0 Å². The van der Waals surface area contributed by atoms with Crippen molar-refractivity contribution < 1.29 is 9.59 Å². The van der Waals surface area contributed by atoms with Gasteiger partial charge in [-0.2, -0.15) is 0 Å². The predicted octanol–water partition coefficient (Wildman–Crippen LogP) is 2.70. The van der Waals surface area contributed by atoms with Crippen LogP contribution in [-0.4, -0.2) is 39.4 Å². The minimum atomic E-state index is -0.266. The van der Waals surface area contributed by atoms with E-state index in [-0.39, 0.29) is 22.9 Å². The lowest BCUT2D eigenvalue weighted by Gasteiger charge is -2.62. The van der Waals surface area contributed by atoms with E-state index in [0.717, 1.165) is 56.5 Å². The molecule has 0 radical (unpaired) electrons. The smallest absolute Gasteiger partial charge is 0.270 e. The number of carbonyl (C=O) groups excluding carboxylic acids is 2. The van der Waals surface area contributed by atoms with Crippen LogP contribution >= 0.6 is 0 Å². The largest absolute Gasteiger partial charge is 0.383 e. The highest BCUT2D eigenvalue weighted by Gasteiger charge is 2.58. The minimum absolute atomic E-state index is 0.0946. The maximum atomic E-state index is 13.2. The van der Waals surface area contributed by atoms with Crippen molar-refractivity contribution in [2.75, 3.05) is 11.9 Å². The van der Waals surface area contributed by atoms with E-state index in [1.165, 1.54) is 6.42 Å². The summed E-state index contributed by atoms with van der Waals surface area (Å²) < 4.78 is 0. The van der Waals surface area contributed by atoms with Gasteiger partial charge < -0.3 is 16.0 Å². The number of rotatable bonds is 4. The van der Waals surface area contributed by atoms with Gasteiger partial charge in [0, 0.05) is 30.2 Å². The van der Waals surface area contributed by atoms with Gasteiger partial charge in [0.15, 0.2) is 0 Å². The summed E-state index contributed by atoms with van der Waals surface area (Å²) in [5.74, 6) is 0.852. The molecule has 2 atom stereocenters. The SMILES string of the molecule is O=C(NC12CC3CC(C1)CC(NC(=O)c1ccc4c(n1)CCN4)(C3)C2)c1ccccn1. The van der Waals surface area contributed by atoms with Crippen molar-refractivity contribution in [2.24, 2.45) is 11.8 Å². The molecule has 3 heterocycles. The van der Waals surface area contributed by atoms with Crippen molar-refractivity contribution in [3.8, 4) is 0 Å². The summed E-state index contributed by atoms with van der Waals surface area (Å²) in [6, 6.07) is 9.17. The molecule has 2 aromatic rings. The first-order valence-corrected chi connectivity index (χ1v) is 11.3. The van der Waals surface area contributed by atoms with E-state index in [2.05, 4.69) is 25.9 Å². The monoisotopic (exact) mass is 417 g/mol. The summed E-state index contributed by atoms with van der Waals surface area (Å²) in [6.45, 7) is 0.874. The molecule has 31 heavy (non-hydrogen) atoms. The number of anilines is 1. The molecular formula is C24H27N5O2.